The SMILES string of the molecule is Cc1[nH]c2ccccc2c1Oc1ccc(Br)cc1. The lowest BCUT2D eigenvalue weighted by molar-refractivity contribution is 0.484. The third kappa shape index (κ3) is 2.02. The van der Waals surface area contributed by atoms with Crippen LogP contribution in [0.3, 0.4) is 0 Å². The second-order valence-electron chi connectivity index (χ2n) is 4.18. The molecule has 0 bridgehead atoms. The van der Waals surface area contributed by atoms with Gasteiger partial charge in [-0.3, -0.25) is 0 Å². The average Bonchev–Trinajstić information content (AvgIpc) is 2.69. The van der Waals surface area contributed by atoms with Crippen LogP contribution >= 0.6 is 15.9 Å². The highest BCUT2D eigenvalue weighted by Gasteiger charge is 2.09. The van der Waals surface area contributed by atoms with Gasteiger partial charge < -0.3 is 9.72 Å². The van der Waals surface area contributed by atoms with Crippen LogP contribution in [0.25, 0.3) is 10.9 Å². The smallest absolute Gasteiger partial charge is 0.155 e. The second-order valence-corrected chi connectivity index (χ2v) is 5.10. The van der Waals surface area contributed by atoms with Gasteiger partial charge in [-0.05, 0) is 43.3 Å². The maximum absolute atomic E-state index is 5.97. The van der Waals surface area contributed by atoms with E-state index in [9.17, 15) is 0 Å². The van der Waals surface area contributed by atoms with Crippen LogP contribution in [-0.4, -0.2) is 4.98 Å². The van der Waals surface area contributed by atoms with E-state index in [0.29, 0.717) is 0 Å². The van der Waals surface area contributed by atoms with Crippen LogP contribution < -0.4 is 4.74 Å². The first kappa shape index (κ1) is 11.4. The lowest BCUT2D eigenvalue weighted by Crippen LogP contribution is -1.84. The third-order valence-corrected chi connectivity index (χ3v) is 3.40. The van der Waals surface area contributed by atoms with Gasteiger partial charge in [0.25, 0.3) is 0 Å². The predicted octanol–water partition coefficient (Wildman–Crippen LogP) is 5.03. The molecule has 0 atom stereocenters. The van der Waals surface area contributed by atoms with Crippen molar-refractivity contribution in [3.63, 3.8) is 0 Å². The number of rotatable bonds is 2. The number of fused-ring (bicyclic) bond motifs is 1. The van der Waals surface area contributed by atoms with Gasteiger partial charge in [-0.15, -0.1) is 0 Å². The summed E-state index contributed by atoms with van der Waals surface area (Å²) in [7, 11) is 0. The van der Waals surface area contributed by atoms with Crippen molar-refractivity contribution in [1.82, 2.24) is 4.98 Å². The molecule has 18 heavy (non-hydrogen) atoms. The first-order valence-corrected chi connectivity index (χ1v) is 6.54. The zero-order valence-corrected chi connectivity index (χ0v) is 11.5. The van der Waals surface area contributed by atoms with Gasteiger partial charge in [-0.25, -0.2) is 0 Å². The number of aromatic amines is 1. The zero-order valence-electron chi connectivity index (χ0n) is 9.91. The Morgan fingerprint density at radius 1 is 1.00 bits per heavy atom. The molecule has 0 unspecified atom stereocenters. The molecule has 2 aromatic carbocycles. The number of benzene rings is 2. The van der Waals surface area contributed by atoms with Crippen molar-refractivity contribution in [1.29, 1.82) is 0 Å². The number of nitrogens with one attached hydrogen (secondary N) is 1. The van der Waals surface area contributed by atoms with Gasteiger partial charge >= 0.3 is 0 Å². The van der Waals surface area contributed by atoms with Crippen molar-refractivity contribution in [2.24, 2.45) is 0 Å². The van der Waals surface area contributed by atoms with Gasteiger partial charge in [-0.1, -0.05) is 28.1 Å². The standard InChI is InChI=1S/C15H12BrNO/c1-10-15(13-4-2-3-5-14(13)17-10)18-12-8-6-11(16)7-9-12/h2-9,17H,1H3. The van der Waals surface area contributed by atoms with Crippen LogP contribution in [0, 0.1) is 6.92 Å². The zero-order chi connectivity index (χ0) is 12.5. The first-order valence-electron chi connectivity index (χ1n) is 5.75. The maximum atomic E-state index is 5.97. The number of aryl methyl sites for hydroxylation is 1. The van der Waals surface area contributed by atoms with E-state index in [0.717, 1.165) is 32.6 Å². The van der Waals surface area contributed by atoms with E-state index >= 15 is 0 Å². The Morgan fingerprint density at radius 3 is 2.50 bits per heavy atom. The molecule has 0 amide bonds. The third-order valence-electron chi connectivity index (χ3n) is 2.87. The number of halogens is 1. The first-order chi connectivity index (χ1) is 8.74. The number of hydrogen-bond acceptors (Lipinski definition) is 1. The molecule has 0 radical (unpaired) electrons. The summed E-state index contributed by atoms with van der Waals surface area (Å²) in [6.45, 7) is 2.02. The molecule has 0 aliphatic carbocycles. The monoisotopic (exact) mass is 301 g/mol. The molecule has 1 aromatic heterocycles. The fraction of sp³-hybridized carbons (Fsp3) is 0.0667. The van der Waals surface area contributed by atoms with Crippen LogP contribution in [0.5, 0.6) is 11.5 Å². The molecule has 0 aliphatic rings. The predicted molar refractivity (Wildman–Crippen MR) is 77.3 cm³/mol. The minimum absolute atomic E-state index is 0.839. The number of ether oxygens (including phenoxy) is 1. The molecule has 0 aliphatic heterocycles. The van der Waals surface area contributed by atoms with Crippen molar-refractivity contribution in [3.05, 3.63) is 58.7 Å². The van der Waals surface area contributed by atoms with Crippen LogP contribution in [0.4, 0.5) is 0 Å². The Kier molecular flexibility index (Phi) is 2.84. The lowest BCUT2D eigenvalue weighted by atomic mass is 10.2. The van der Waals surface area contributed by atoms with Gasteiger partial charge in [0.1, 0.15) is 5.75 Å². The molecule has 3 heteroatoms. The van der Waals surface area contributed by atoms with Gasteiger partial charge in [0.15, 0.2) is 5.75 Å². The average molecular weight is 302 g/mol. The van der Waals surface area contributed by atoms with Gasteiger partial charge in [-0.2, -0.15) is 0 Å². The normalized spacial score (nSPS) is 10.8. The largest absolute Gasteiger partial charge is 0.455 e. The van der Waals surface area contributed by atoms with Crippen molar-refractivity contribution < 1.29 is 4.74 Å². The second kappa shape index (κ2) is 4.50. The van der Waals surface area contributed by atoms with E-state index in [1.165, 1.54) is 0 Å². The van der Waals surface area contributed by atoms with Crippen LogP contribution in [0.15, 0.2) is 53.0 Å². The Morgan fingerprint density at radius 2 is 1.72 bits per heavy atom. The minimum Gasteiger partial charge on any atom is -0.455 e. The Hall–Kier alpha value is -1.74. The molecular weight excluding hydrogens is 290 g/mol. The van der Waals surface area contributed by atoms with Crippen molar-refractivity contribution in [3.8, 4) is 11.5 Å². The number of H-pyrrole nitrogens is 1. The highest BCUT2D eigenvalue weighted by Crippen LogP contribution is 2.33. The van der Waals surface area contributed by atoms with E-state index in [2.05, 4.69) is 33.0 Å². The van der Waals surface area contributed by atoms with Crippen molar-refractivity contribution in [2.45, 2.75) is 6.92 Å². The molecule has 0 saturated carbocycles. The number of aromatic nitrogens is 1. The van der Waals surface area contributed by atoms with Gasteiger partial charge in [0, 0.05) is 15.4 Å². The molecule has 1 N–H and O–H groups in total. The Bertz CT molecular complexity index is 685. The number of hydrogen-bond donors (Lipinski definition) is 1. The summed E-state index contributed by atoms with van der Waals surface area (Å²) in [4.78, 5) is 3.32. The maximum Gasteiger partial charge on any atom is 0.155 e. The summed E-state index contributed by atoms with van der Waals surface area (Å²) in [5.41, 5.74) is 2.14. The highest BCUT2D eigenvalue weighted by molar-refractivity contribution is 9.10. The summed E-state index contributed by atoms with van der Waals surface area (Å²) in [5, 5.41) is 1.11. The van der Waals surface area contributed by atoms with E-state index in [4.69, 9.17) is 4.74 Å². The van der Waals surface area contributed by atoms with Crippen LogP contribution in [0.2, 0.25) is 0 Å². The molecule has 1 heterocycles. The lowest BCUT2D eigenvalue weighted by Gasteiger charge is -2.05. The summed E-state index contributed by atoms with van der Waals surface area (Å²) >= 11 is 3.42. The Labute approximate surface area is 114 Å². The van der Waals surface area contributed by atoms with E-state index in [1.807, 2.05) is 43.3 Å². The molecule has 0 spiro atoms. The molecule has 2 nitrogen and oxygen atoms in total. The van der Waals surface area contributed by atoms with Gasteiger partial charge in [0.05, 0.1) is 5.69 Å². The molecule has 0 fully saturated rings. The fourth-order valence-corrected chi connectivity index (χ4v) is 2.27. The van der Waals surface area contributed by atoms with E-state index < -0.39 is 0 Å². The quantitative estimate of drug-likeness (QED) is 0.705. The van der Waals surface area contributed by atoms with Crippen molar-refractivity contribution in [2.75, 3.05) is 0 Å². The van der Waals surface area contributed by atoms with Crippen LogP contribution in [0.1, 0.15) is 5.69 Å². The summed E-state index contributed by atoms with van der Waals surface area (Å²) in [6, 6.07) is 16.0. The summed E-state index contributed by atoms with van der Waals surface area (Å²) < 4.78 is 7.01. The molecule has 0 saturated heterocycles. The van der Waals surface area contributed by atoms with E-state index in [1.54, 1.807) is 0 Å². The summed E-state index contributed by atoms with van der Waals surface area (Å²) in [5.74, 6) is 1.74. The highest BCUT2D eigenvalue weighted by atomic mass is 79.9. The van der Waals surface area contributed by atoms with Crippen LogP contribution in [-0.2, 0) is 0 Å². The van der Waals surface area contributed by atoms with E-state index in [-0.39, 0.29) is 0 Å². The Balaban J connectivity index is 2.04. The molecule has 3 aromatic rings. The number of para-hydroxylation sites is 1. The molecular formula is C15H12BrNO. The van der Waals surface area contributed by atoms with Crippen molar-refractivity contribution >= 4 is 26.8 Å². The topological polar surface area (TPSA) is 25.0 Å². The molecule has 3 rings (SSSR count). The minimum atomic E-state index is 0.839. The summed E-state index contributed by atoms with van der Waals surface area (Å²) in [6.07, 6.45) is 0. The fourth-order valence-electron chi connectivity index (χ4n) is 2.00. The molecule has 90 valence electrons. The van der Waals surface area contributed by atoms with Gasteiger partial charge in [0.2, 0.25) is 0 Å².